The normalized spacial score (nSPS) is 11.6. The third-order valence-electron chi connectivity index (χ3n) is 2.92. The summed E-state index contributed by atoms with van der Waals surface area (Å²) in [5.41, 5.74) is 0.838. The van der Waals surface area contributed by atoms with Gasteiger partial charge in [0.05, 0.1) is 16.9 Å². The van der Waals surface area contributed by atoms with E-state index in [1.807, 2.05) is 0 Å². The molecule has 0 aliphatic carbocycles. The summed E-state index contributed by atoms with van der Waals surface area (Å²) in [4.78, 5) is 22.0. The number of nitrogens with zero attached hydrogens (tertiary/aromatic N) is 2. The number of rotatable bonds is 5. The number of nitro groups is 1. The van der Waals surface area contributed by atoms with E-state index in [1.54, 1.807) is 19.1 Å². The molecule has 0 radical (unpaired) electrons. The van der Waals surface area contributed by atoms with Gasteiger partial charge in [-0.05, 0) is 42.3 Å². The summed E-state index contributed by atoms with van der Waals surface area (Å²) in [6.07, 6.45) is 3.91. The zero-order valence-corrected chi connectivity index (χ0v) is 13.7. The highest BCUT2D eigenvalue weighted by Gasteiger charge is 2.10. The van der Waals surface area contributed by atoms with E-state index in [-0.39, 0.29) is 11.4 Å². The zero-order chi connectivity index (χ0) is 17.9. The van der Waals surface area contributed by atoms with Crippen LogP contribution < -0.4 is 9.84 Å². The van der Waals surface area contributed by atoms with E-state index in [0.717, 1.165) is 6.26 Å². The molecule has 126 valence electrons. The van der Waals surface area contributed by atoms with Crippen LogP contribution in [0.25, 0.3) is 12.2 Å². The summed E-state index contributed by atoms with van der Waals surface area (Å²) < 4.78 is 28.0. The summed E-state index contributed by atoms with van der Waals surface area (Å²) in [7, 11) is -3.88. The standard InChI is InChI=1S/C15H14N2O6S/c1-11-9-14(16(15(18)10-11)23-24(2,21)22)8-5-12-3-6-13(7-4-12)17(19)20/h3-10H,1-2H3/b8-5+. The van der Waals surface area contributed by atoms with Gasteiger partial charge < -0.3 is 0 Å². The number of nitro benzene ring substituents is 1. The molecule has 0 atom stereocenters. The van der Waals surface area contributed by atoms with Crippen molar-refractivity contribution in [2.75, 3.05) is 6.26 Å². The Morgan fingerprint density at radius 2 is 1.79 bits per heavy atom. The molecule has 0 amide bonds. The average molecular weight is 350 g/mol. The first-order valence-corrected chi connectivity index (χ1v) is 8.53. The fraction of sp³-hybridized carbons (Fsp3) is 0.133. The van der Waals surface area contributed by atoms with Crippen molar-refractivity contribution >= 4 is 28.0 Å². The van der Waals surface area contributed by atoms with Crippen molar-refractivity contribution in [3.8, 4) is 0 Å². The minimum atomic E-state index is -3.88. The summed E-state index contributed by atoms with van der Waals surface area (Å²) in [5.74, 6) is 0. The van der Waals surface area contributed by atoms with Gasteiger partial charge in [-0.25, -0.2) is 0 Å². The Morgan fingerprint density at radius 1 is 1.17 bits per heavy atom. The Balaban J connectivity index is 2.41. The number of hydrogen-bond donors (Lipinski definition) is 0. The van der Waals surface area contributed by atoms with Gasteiger partial charge in [-0.1, -0.05) is 6.08 Å². The van der Waals surface area contributed by atoms with Gasteiger partial charge in [0.25, 0.3) is 11.2 Å². The van der Waals surface area contributed by atoms with E-state index in [1.165, 1.54) is 36.4 Å². The average Bonchev–Trinajstić information content (AvgIpc) is 2.47. The maximum absolute atomic E-state index is 11.9. The highest BCUT2D eigenvalue weighted by Crippen LogP contribution is 2.14. The molecule has 0 fully saturated rings. The Bertz CT molecular complexity index is 958. The quantitative estimate of drug-likeness (QED) is 0.599. The lowest BCUT2D eigenvalue weighted by molar-refractivity contribution is -0.384. The minimum Gasteiger partial charge on any atom is -0.284 e. The predicted octanol–water partition coefficient (Wildman–Crippen LogP) is 1.62. The SMILES string of the molecule is Cc1cc(/C=C/c2ccc([N+](=O)[O-])cc2)n(OS(C)(=O)=O)c(=O)c1. The number of hydrogen-bond acceptors (Lipinski definition) is 6. The molecule has 24 heavy (non-hydrogen) atoms. The summed E-state index contributed by atoms with van der Waals surface area (Å²) in [6.45, 7) is 1.69. The minimum absolute atomic E-state index is 0.0416. The molecule has 0 unspecified atom stereocenters. The van der Waals surface area contributed by atoms with Crippen molar-refractivity contribution in [1.82, 2.24) is 4.73 Å². The summed E-state index contributed by atoms with van der Waals surface area (Å²) in [6, 6.07) is 8.57. The lowest BCUT2D eigenvalue weighted by Gasteiger charge is -2.09. The first-order valence-electron chi connectivity index (χ1n) is 6.72. The number of pyridine rings is 1. The van der Waals surface area contributed by atoms with Crippen molar-refractivity contribution in [3.05, 3.63) is 73.7 Å². The van der Waals surface area contributed by atoms with E-state index in [0.29, 0.717) is 15.9 Å². The largest absolute Gasteiger partial charge is 0.324 e. The van der Waals surface area contributed by atoms with Crippen LogP contribution >= 0.6 is 0 Å². The zero-order valence-electron chi connectivity index (χ0n) is 12.9. The van der Waals surface area contributed by atoms with Crippen molar-refractivity contribution in [2.24, 2.45) is 0 Å². The highest BCUT2D eigenvalue weighted by atomic mass is 32.2. The summed E-state index contributed by atoms with van der Waals surface area (Å²) >= 11 is 0. The van der Waals surface area contributed by atoms with Crippen LogP contribution in [0.1, 0.15) is 16.8 Å². The van der Waals surface area contributed by atoms with Crippen LogP contribution in [0.5, 0.6) is 0 Å². The van der Waals surface area contributed by atoms with Gasteiger partial charge >= 0.3 is 10.1 Å². The summed E-state index contributed by atoms with van der Waals surface area (Å²) in [5, 5.41) is 10.6. The lowest BCUT2D eigenvalue weighted by atomic mass is 10.1. The van der Waals surface area contributed by atoms with Crippen LogP contribution in [0.2, 0.25) is 0 Å². The smallest absolute Gasteiger partial charge is 0.284 e. The Morgan fingerprint density at radius 3 is 2.33 bits per heavy atom. The molecule has 9 heteroatoms. The van der Waals surface area contributed by atoms with Gasteiger partial charge in [0.2, 0.25) is 0 Å². The Labute approximate surface area is 137 Å². The van der Waals surface area contributed by atoms with Crippen molar-refractivity contribution in [2.45, 2.75) is 6.92 Å². The van der Waals surface area contributed by atoms with Gasteiger partial charge in [0.1, 0.15) is 0 Å². The molecule has 2 aromatic rings. The molecule has 2 rings (SSSR count). The number of non-ortho nitro benzene ring substituents is 1. The maximum Gasteiger partial charge on any atom is 0.324 e. The Hall–Kier alpha value is -2.94. The second-order valence-electron chi connectivity index (χ2n) is 5.05. The van der Waals surface area contributed by atoms with Crippen LogP contribution in [0.4, 0.5) is 5.69 Å². The van der Waals surface area contributed by atoms with E-state index in [2.05, 4.69) is 0 Å². The number of aromatic nitrogens is 1. The van der Waals surface area contributed by atoms with Crippen LogP contribution in [-0.4, -0.2) is 24.3 Å². The van der Waals surface area contributed by atoms with Gasteiger partial charge in [0.15, 0.2) is 0 Å². The first kappa shape index (κ1) is 17.4. The highest BCUT2D eigenvalue weighted by molar-refractivity contribution is 7.86. The van der Waals surface area contributed by atoms with Crippen LogP contribution in [0.3, 0.4) is 0 Å². The molecular weight excluding hydrogens is 336 g/mol. The molecule has 0 N–H and O–H groups in total. The third-order valence-corrected chi connectivity index (χ3v) is 3.34. The number of benzene rings is 1. The van der Waals surface area contributed by atoms with Gasteiger partial charge in [-0.15, -0.1) is 4.73 Å². The topological polar surface area (TPSA) is 109 Å². The van der Waals surface area contributed by atoms with E-state index in [9.17, 15) is 23.3 Å². The van der Waals surface area contributed by atoms with Crippen LogP contribution in [0.15, 0.2) is 41.2 Å². The van der Waals surface area contributed by atoms with Crippen molar-refractivity contribution in [1.29, 1.82) is 0 Å². The first-order chi connectivity index (χ1) is 11.2. The van der Waals surface area contributed by atoms with Gasteiger partial charge in [0, 0.05) is 18.2 Å². The number of aryl methyl sites for hydroxylation is 1. The molecule has 1 aromatic carbocycles. The predicted molar refractivity (Wildman–Crippen MR) is 88.9 cm³/mol. The molecular formula is C15H14N2O6S. The van der Waals surface area contributed by atoms with Crippen LogP contribution in [-0.2, 0) is 10.1 Å². The third kappa shape index (κ3) is 4.53. The van der Waals surface area contributed by atoms with Crippen LogP contribution in [0, 0.1) is 17.0 Å². The second kappa shape index (κ2) is 6.67. The fourth-order valence-electron chi connectivity index (χ4n) is 1.93. The molecule has 8 nitrogen and oxygen atoms in total. The van der Waals surface area contributed by atoms with Crippen molar-refractivity contribution in [3.63, 3.8) is 0 Å². The molecule has 0 aliphatic rings. The molecule has 1 aromatic heterocycles. The maximum atomic E-state index is 11.9. The molecule has 0 aliphatic heterocycles. The molecule has 0 spiro atoms. The molecule has 0 saturated heterocycles. The lowest BCUT2D eigenvalue weighted by Crippen LogP contribution is -2.31. The fourth-order valence-corrected chi connectivity index (χ4v) is 2.36. The molecule has 0 bridgehead atoms. The second-order valence-corrected chi connectivity index (χ2v) is 6.61. The molecule has 0 saturated carbocycles. The molecule has 1 heterocycles. The van der Waals surface area contributed by atoms with Crippen molar-refractivity contribution < 1.29 is 17.6 Å². The Kier molecular flexibility index (Phi) is 4.84. The monoisotopic (exact) mass is 350 g/mol. The van der Waals surface area contributed by atoms with E-state index >= 15 is 0 Å². The van der Waals surface area contributed by atoms with Gasteiger partial charge in [-0.2, -0.15) is 8.42 Å². The van der Waals surface area contributed by atoms with E-state index < -0.39 is 20.6 Å². The van der Waals surface area contributed by atoms with Gasteiger partial charge in [-0.3, -0.25) is 19.2 Å². The van der Waals surface area contributed by atoms with E-state index in [4.69, 9.17) is 4.28 Å².